The highest BCUT2D eigenvalue weighted by molar-refractivity contribution is 6.32. The molecule has 0 unspecified atom stereocenters. The number of carbonyl (C=O) groups is 1. The molecule has 0 fully saturated rings. The maximum atomic E-state index is 12.2. The predicted molar refractivity (Wildman–Crippen MR) is 105 cm³/mol. The number of benzene rings is 2. The van der Waals surface area contributed by atoms with Crippen LogP contribution in [0.25, 0.3) is 6.08 Å². The van der Waals surface area contributed by atoms with E-state index in [2.05, 4.69) is 11.6 Å². The fourth-order valence-electron chi connectivity index (χ4n) is 2.49. The van der Waals surface area contributed by atoms with Gasteiger partial charge in [-0.3, -0.25) is 0 Å². The zero-order chi connectivity index (χ0) is 19.4. The minimum absolute atomic E-state index is 0.184. The van der Waals surface area contributed by atoms with Gasteiger partial charge < -0.3 is 14.2 Å². The SMILES string of the molecule is C=CCOc1c(Cl)cc(/C=C2\N=C(c3ccc(C)cc3)OC2=O)cc1OC. The Balaban J connectivity index is 1.93. The van der Waals surface area contributed by atoms with Gasteiger partial charge in [0.05, 0.1) is 12.1 Å². The normalized spacial score (nSPS) is 14.7. The molecular formula is C21H18ClNO4. The minimum Gasteiger partial charge on any atom is -0.493 e. The highest BCUT2D eigenvalue weighted by atomic mass is 35.5. The third-order valence-corrected chi connectivity index (χ3v) is 4.10. The van der Waals surface area contributed by atoms with Crippen LogP contribution >= 0.6 is 11.6 Å². The second-order valence-electron chi connectivity index (χ2n) is 5.84. The number of nitrogens with zero attached hydrogens (tertiary/aromatic N) is 1. The number of aryl methyl sites for hydroxylation is 1. The number of rotatable bonds is 6. The lowest BCUT2D eigenvalue weighted by Gasteiger charge is -2.12. The molecule has 2 aromatic carbocycles. The van der Waals surface area contributed by atoms with Crippen molar-refractivity contribution < 1.29 is 19.0 Å². The molecule has 0 aliphatic carbocycles. The summed E-state index contributed by atoms with van der Waals surface area (Å²) in [5, 5.41) is 0.358. The van der Waals surface area contributed by atoms with E-state index < -0.39 is 5.97 Å². The molecule has 0 N–H and O–H groups in total. The highest BCUT2D eigenvalue weighted by Crippen LogP contribution is 2.37. The second-order valence-corrected chi connectivity index (χ2v) is 6.24. The van der Waals surface area contributed by atoms with Crippen molar-refractivity contribution in [3.63, 3.8) is 0 Å². The summed E-state index contributed by atoms with van der Waals surface area (Å²) < 4.78 is 16.1. The van der Waals surface area contributed by atoms with E-state index in [1.807, 2.05) is 31.2 Å². The fraction of sp³-hybridized carbons (Fsp3) is 0.143. The summed E-state index contributed by atoms with van der Waals surface area (Å²) in [7, 11) is 1.51. The molecule has 138 valence electrons. The largest absolute Gasteiger partial charge is 0.493 e. The molecule has 0 amide bonds. The summed E-state index contributed by atoms with van der Waals surface area (Å²) >= 11 is 6.29. The van der Waals surface area contributed by atoms with Crippen LogP contribution in [-0.4, -0.2) is 25.6 Å². The Labute approximate surface area is 162 Å². The molecule has 3 rings (SSSR count). The third-order valence-electron chi connectivity index (χ3n) is 3.82. The quantitative estimate of drug-likeness (QED) is 0.416. The van der Waals surface area contributed by atoms with E-state index in [0.29, 0.717) is 28.7 Å². The molecule has 6 heteroatoms. The Bertz CT molecular complexity index is 945. The molecule has 1 heterocycles. The van der Waals surface area contributed by atoms with E-state index in [1.54, 1.807) is 24.3 Å². The summed E-state index contributed by atoms with van der Waals surface area (Å²) in [5.74, 6) is 0.618. The van der Waals surface area contributed by atoms with Crippen LogP contribution in [0.5, 0.6) is 11.5 Å². The maximum absolute atomic E-state index is 12.2. The molecule has 0 spiro atoms. The molecule has 0 saturated carbocycles. The van der Waals surface area contributed by atoms with Gasteiger partial charge in [-0.25, -0.2) is 9.79 Å². The van der Waals surface area contributed by atoms with Gasteiger partial charge in [-0.2, -0.15) is 0 Å². The third kappa shape index (κ3) is 4.20. The van der Waals surface area contributed by atoms with Crippen molar-refractivity contribution in [1.29, 1.82) is 0 Å². The highest BCUT2D eigenvalue weighted by Gasteiger charge is 2.24. The van der Waals surface area contributed by atoms with Crippen LogP contribution in [0.3, 0.4) is 0 Å². The Kier molecular flexibility index (Phi) is 5.62. The lowest BCUT2D eigenvalue weighted by atomic mass is 10.1. The summed E-state index contributed by atoms with van der Waals surface area (Å²) in [6.45, 7) is 5.89. The fourth-order valence-corrected chi connectivity index (χ4v) is 2.77. The van der Waals surface area contributed by atoms with E-state index in [4.69, 9.17) is 25.8 Å². The molecule has 0 saturated heterocycles. The smallest absolute Gasteiger partial charge is 0.363 e. The second kappa shape index (κ2) is 8.10. The van der Waals surface area contributed by atoms with E-state index in [1.165, 1.54) is 7.11 Å². The van der Waals surface area contributed by atoms with Crippen molar-refractivity contribution in [3.8, 4) is 11.5 Å². The van der Waals surface area contributed by atoms with Crippen LogP contribution < -0.4 is 9.47 Å². The first-order valence-electron chi connectivity index (χ1n) is 8.22. The lowest BCUT2D eigenvalue weighted by molar-refractivity contribution is -0.129. The number of carbonyl (C=O) groups excluding carboxylic acids is 1. The van der Waals surface area contributed by atoms with E-state index in [9.17, 15) is 4.79 Å². The van der Waals surface area contributed by atoms with Crippen LogP contribution in [-0.2, 0) is 9.53 Å². The number of ether oxygens (including phenoxy) is 3. The van der Waals surface area contributed by atoms with Crippen molar-refractivity contribution in [3.05, 3.63) is 76.5 Å². The van der Waals surface area contributed by atoms with Gasteiger partial charge in [-0.15, -0.1) is 0 Å². The topological polar surface area (TPSA) is 57.1 Å². The van der Waals surface area contributed by atoms with Crippen LogP contribution in [0, 0.1) is 6.92 Å². The first-order chi connectivity index (χ1) is 13.0. The molecule has 5 nitrogen and oxygen atoms in total. The number of cyclic esters (lactones) is 1. The first-order valence-corrected chi connectivity index (χ1v) is 8.60. The summed E-state index contributed by atoms with van der Waals surface area (Å²) in [5.41, 5.74) is 2.67. The maximum Gasteiger partial charge on any atom is 0.363 e. The first kappa shape index (κ1) is 18.7. The average molecular weight is 384 g/mol. The summed E-state index contributed by atoms with van der Waals surface area (Å²) in [6, 6.07) is 11.0. The molecular weight excluding hydrogens is 366 g/mol. The number of halogens is 1. The van der Waals surface area contributed by atoms with Crippen molar-refractivity contribution in [1.82, 2.24) is 0 Å². The standard InChI is InChI=1S/C21H18ClNO4/c1-4-9-26-19-16(22)10-14(12-18(19)25-3)11-17-21(24)27-20(23-17)15-7-5-13(2)6-8-15/h4-8,10-12H,1,9H2,2-3H3/b17-11-. The Morgan fingerprint density at radius 2 is 2.00 bits per heavy atom. The molecule has 0 radical (unpaired) electrons. The zero-order valence-electron chi connectivity index (χ0n) is 15.0. The number of methoxy groups -OCH3 is 1. The lowest BCUT2D eigenvalue weighted by Crippen LogP contribution is -2.05. The average Bonchev–Trinajstić information content (AvgIpc) is 3.01. The van der Waals surface area contributed by atoms with Gasteiger partial charge in [0.2, 0.25) is 5.90 Å². The number of hydrogen-bond acceptors (Lipinski definition) is 5. The Morgan fingerprint density at radius 3 is 2.67 bits per heavy atom. The molecule has 27 heavy (non-hydrogen) atoms. The van der Waals surface area contributed by atoms with Gasteiger partial charge in [0.15, 0.2) is 17.2 Å². The Hall–Kier alpha value is -3.05. The van der Waals surface area contributed by atoms with Crippen molar-refractivity contribution in [2.45, 2.75) is 6.92 Å². The molecule has 2 aromatic rings. The summed E-state index contributed by atoms with van der Waals surface area (Å²) in [4.78, 5) is 16.5. The van der Waals surface area contributed by atoms with Gasteiger partial charge >= 0.3 is 5.97 Å². The van der Waals surface area contributed by atoms with Gasteiger partial charge in [0.25, 0.3) is 0 Å². The molecule has 1 aliphatic heterocycles. The monoisotopic (exact) mass is 383 g/mol. The van der Waals surface area contributed by atoms with Crippen LogP contribution in [0.1, 0.15) is 16.7 Å². The Morgan fingerprint density at radius 1 is 1.26 bits per heavy atom. The molecule has 1 aliphatic rings. The van der Waals surface area contributed by atoms with Crippen molar-refractivity contribution >= 4 is 29.5 Å². The van der Waals surface area contributed by atoms with Gasteiger partial charge in [0.1, 0.15) is 6.61 Å². The van der Waals surface area contributed by atoms with Crippen molar-refractivity contribution in [2.75, 3.05) is 13.7 Å². The number of esters is 1. The molecule has 0 bridgehead atoms. The number of hydrogen-bond donors (Lipinski definition) is 0. The number of aliphatic imine (C=N–C) groups is 1. The van der Waals surface area contributed by atoms with Gasteiger partial charge in [-0.05, 0) is 42.8 Å². The molecule has 0 atom stereocenters. The van der Waals surface area contributed by atoms with Crippen LogP contribution in [0.2, 0.25) is 5.02 Å². The van der Waals surface area contributed by atoms with E-state index in [-0.39, 0.29) is 11.6 Å². The van der Waals surface area contributed by atoms with E-state index in [0.717, 1.165) is 11.1 Å². The molecule has 0 aromatic heterocycles. The van der Waals surface area contributed by atoms with Crippen LogP contribution in [0.15, 0.2) is 59.7 Å². The zero-order valence-corrected chi connectivity index (χ0v) is 15.7. The van der Waals surface area contributed by atoms with Crippen molar-refractivity contribution in [2.24, 2.45) is 4.99 Å². The minimum atomic E-state index is -0.521. The van der Waals surface area contributed by atoms with Gasteiger partial charge in [-0.1, -0.05) is 42.0 Å². The summed E-state index contributed by atoms with van der Waals surface area (Å²) in [6.07, 6.45) is 3.21. The van der Waals surface area contributed by atoms with Gasteiger partial charge in [0, 0.05) is 5.56 Å². The van der Waals surface area contributed by atoms with E-state index >= 15 is 0 Å². The predicted octanol–water partition coefficient (Wildman–Crippen LogP) is 4.57. The van der Waals surface area contributed by atoms with Crippen LogP contribution in [0.4, 0.5) is 0 Å².